The summed E-state index contributed by atoms with van der Waals surface area (Å²) in [6.45, 7) is 0. The highest BCUT2D eigenvalue weighted by Gasteiger charge is 2.20. The molecule has 2 aromatic rings. The monoisotopic (exact) mass is 305 g/mol. The van der Waals surface area contributed by atoms with Gasteiger partial charge < -0.3 is 0 Å². The van der Waals surface area contributed by atoms with Gasteiger partial charge in [-0.1, -0.05) is 11.6 Å². The van der Waals surface area contributed by atoms with Crippen molar-refractivity contribution in [1.29, 1.82) is 0 Å². The molecule has 0 amide bonds. The topological polar surface area (TPSA) is 72.0 Å². The maximum Gasteiger partial charge on any atom is 0.266 e. The fourth-order valence-electron chi connectivity index (χ4n) is 1.27. The molecule has 5 nitrogen and oxygen atoms in total. The molecule has 100 valence electrons. The molecule has 0 radical (unpaired) electrons. The zero-order valence-electron chi connectivity index (χ0n) is 9.14. The Kier molecular flexibility index (Phi) is 3.63. The molecule has 0 aliphatic rings. The van der Waals surface area contributed by atoms with E-state index in [2.05, 4.69) is 9.97 Å². The van der Waals surface area contributed by atoms with Crippen LogP contribution >= 0.6 is 11.6 Å². The van der Waals surface area contributed by atoms with Crippen LogP contribution in [0.25, 0.3) is 0 Å². The van der Waals surface area contributed by atoms with Crippen LogP contribution in [0.5, 0.6) is 0 Å². The second kappa shape index (κ2) is 5.06. The van der Waals surface area contributed by atoms with Gasteiger partial charge in [0.25, 0.3) is 10.0 Å². The van der Waals surface area contributed by atoms with Gasteiger partial charge in [0.2, 0.25) is 0 Å². The van der Waals surface area contributed by atoms with E-state index in [1.165, 1.54) is 0 Å². The van der Waals surface area contributed by atoms with E-state index < -0.39 is 26.6 Å². The maximum atomic E-state index is 13.4. The molecule has 0 saturated carbocycles. The highest BCUT2D eigenvalue weighted by molar-refractivity contribution is 7.92. The Bertz CT molecular complexity index is 724. The van der Waals surface area contributed by atoms with Gasteiger partial charge in [-0.05, 0) is 18.2 Å². The molecule has 0 bridgehead atoms. The van der Waals surface area contributed by atoms with E-state index in [9.17, 15) is 17.2 Å². The first-order valence-corrected chi connectivity index (χ1v) is 6.70. The summed E-state index contributed by atoms with van der Waals surface area (Å²) in [5.74, 6) is -2.10. The molecule has 0 spiro atoms. The lowest BCUT2D eigenvalue weighted by Gasteiger charge is -2.08. The number of anilines is 1. The van der Waals surface area contributed by atoms with Crippen LogP contribution in [0.1, 0.15) is 0 Å². The van der Waals surface area contributed by atoms with Crippen molar-refractivity contribution in [3.05, 3.63) is 47.4 Å². The number of nitrogens with zero attached hydrogens (tertiary/aromatic N) is 2. The quantitative estimate of drug-likeness (QED) is 0.883. The summed E-state index contributed by atoms with van der Waals surface area (Å²) in [6.07, 6.45) is 1.03. The lowest BCUT2D eigenvalue weighted by atomic mass is 10.3. The fourth-order valence-corrected chi connectivity index (χ4v) is 2.50. The van der Waals surface area contributed by atoms with Crippen LogP contribution in [0.15, 0.2) is 35.5 Å². The van der Waals surface area contributed by atoms with Crippen molar-refractivity contribution in [3.8, 4) is 0 Å². The van der Waals surface area contributed by atoms with Gasteiger partial charge >= 0.3 is 0 Å². The molecule has 9 heteroatoms. The van der Waals surface area contributed by atoms with E-state index in [1.807, 2.05) is 4.72 Å². The Morgan fingerprint density at radius 1 is 1.16 bits per heavy atom. The number of nitrogens with one attached hydrogen (secondary N) is 1. The van der Waals surface area contributed by atoms with Crippen molar-refractivity contribution in [2.24, 2.45) is 0 Å². The Balaban J connectivity index is 2.40. The summed E-state index contributed by atoms with van der Waals surface area (Å²) in [7, 11) is -4.30. The first-order chi connectivity index (χ1) is 8.88. The largest absolute Gasteiger partial charge is 0.266 e. The van der Waals surface area contributed by atoms with Crippen molar-refractivity contribution in [2.75, 3.05) is 4.72 Å². The molecule has 0 saturated heterocycles. The zero-order chi connectivity index (χ0) is 14.0. The first-order valence-electron chi connectivity index (χ1n) is 4.84. The molecule has 2 rings (SSSR count). The van der Waals surface area contributed by atoms with E-state index in [4.69, 9.17) is 11.6 Å². The predicted octanol–water partition coefficient (Wildman–Crippen LogP) is 2.21. The van der Waals surface area contributed by atoms with Gasteiger partial charge in [-0.25, -0.2) is 27.2 Å². The Labute approximate surface area is 112 Å². The average Bonchev–Trinajstić information content (AvgIpc) is 2.31. The summed E-state index contributed by atoms with van der Waals surface area (Å²) >= 11 is 5.56. The average molecular weight is 306 g/mol. The van der Waals surface area contributed by atoms with Crippen LogP contribution in [-0.4, -0.2) is 18.4 Å². The Morgan fingerprint density at radius 2 is 1.89 bits per heavy atom. The Hall–Kier alpha value is -1.80. The van der Waals surface area contributed by atoms with Gasteiger partial charge in [-0.3, -0.25) is 4.72 Å². The number of hydrogen-bond acceptors (Lipinski definition) is 4. The molecule has 1 aromatic heterocycles. The number of hydrogen-bond donors (Lipinski definition) is 1. The molecular formula is C10H6ClF2N3O2S. The van der Waals surface area contributed by atoms with Gasteiger partial charge in [0.1, 0.15) is 33.8 Å². The zero-order valence-corrected chi connectivity index (χ0v) is 10.7. The van der Waals surface area contributed by atoms with Crippen LogP contribution in [0.2, 0.25) is 5.15 Å². The lowest BCUT2D eigenvalue weighted by Crippen LogP contribution is -2.15. The third-order valence-electron chi connectivity index (χ3n) is 2.06. The van der Waals surface area contributed by atoms with Crippen LogP contribution < -0.4 is 4.72 Å². The van der Waals surface area contributed by atoms with Crippen LogP contribution in [0.4, 0.5) is 14.6 Å². The standard InChI is InChI=1S/C10H6ClF2N3O2S/c11-9-4-10(15-5-14-9)16-19(17,18)8-3-6(12)1-2-7(8)13/h1-5H,(H,14,15,16). The third kappa shape index (κ3) is 3.15. The van der Waals surface area contributed by atoms with Gasteiger partial charge in [0.15, 0.2) is 0 Å². The second-order valence-electron chi connectivity index (χ2n) is 3.41. The van der Waals surface area contributed by atoms with Crippen LogP contribution in [0.3, 0.4) is 0 Å². The molecular weight excluding hydrogens is 300 g/mol. The minimum absolute atomic E-state index is 0.00686. The van der Waals surface area contributed by atoms with E-state index in [0.717, 1.165) is 24.5 Å². The minimum Gasteiger partial charge on any atom is -0.263 e. The van der Waals surface area contributed by atoms with Crippen LogP contribution in [0, 0.1) is 11.6 Å². The SMILES string of the molecule is O=S(=O)(Nc1cc(Cl)ncn1)c1cc(F)ccc1F. The smallest absolute Gasteiger partial charge is 0.263 e. The molecule has 0 fully saturated rings. The number of halogens is 3. The number of rotatable bonds is 3. The van der Waals surface area contributed by atoms with Crippen molar-refractivity contribution in [2.45, 2.75) is 4.90 Å². The number of sulfonamides is 1. The van der Waals surface area contributed by atoms with Crippen molar-refractivity contribution < 1.29 is 17.2 Å². The van der Waals surface area contributed by atoms with Crippen molar-refractivity contribution in [3.63, 3.8) is 0 Å². The summed E-state index contributed by atoms with van der Waals surface area (Å²) in [5.41, 5.74) is 0. The van der Waals surface area contributed by atoms with Crippen LogP contribution in [-0.2, 0) is 10.0 Å². The molecule has 1 heterocycles. The summed E-state index contributed by atoms with van der Waals surface area (Å²) in [5, 5.41) is 0.00686. The van der Waals surface area contributed by atoms with Gasteiger partial charge in [-0.15, -0.1) is 0 Å². The number of benzene rings is 1. The third-order valence-corrected chi connectivity index (χ3v) is 3.63. The lowest BCUT2D eigenvalue weighted by molar-refractivity contribution is 0.555. The Morgan fingerprint density at radius 3 is 2.58 bits per heavy atom. The molecule has 0 aliphatic heterocycles. The van der Waals surface area contributed by atoms with Crippen molar-refractivity contribution in [1.82, 2.24) is 9.97 Å². The molecule has 0 unspecified atom stereocenters. The highest BCUT2D eigenvalue weighted by atomic mass is 35.5. The maximum absolute atomic E-state index is 13.4. The van der Waals surface area contributed by atoms with E-state index in [-0.39, 0.29) is 11.0 Å². The summed E-state index contributed by atoms with van der Waals surface area (Å²) in [4.78, 5) is 6.34. The van der Waals surface area contributed by atoms with Gasteiger partial charge in [0.05, 0.1) is 0 Å². The number of aromatic nitrogens is 2. The normalized spacial score (nSPS) is 11.3. The molecule has 1 N–H and O–H groups in total. The first kappa shape index (κ1) is 13.6. The predicted molar refractivity (Wildman–Crippen MR) is 64.2 cm³/mol. The minimum atomic E-state index is -4.30. The van der Waals surface area contributed by atoms with E-state index >= 15 is 0 Å². The second-order valence-corrected chi connectivity index (χ2v) is 5.44. The fraction of sp³-hybridized carbons (Fsp3) is 0. The molecule has 1 aromatic carbocycles. The van der Waals surface area contributed by atoms with E-state index in [1.54, 1.807) is 0 Å². The van der Waals surface area contributed by atoms with Crippen molar-refractivity contribution >= 4 is 27.4 Å². The van der Waals surface area contributed by atoms with E-state index in [0.29, 0.717) is 6.07 Å². The van der Waals surface area contributed by atoms with Gasteiger partial charge in [0, 0.05) is 6.07 Å². The van der Waals surface area contributed by atoms with Gasteiger partial charge in [-0.2, -0.15) is 0 Å². The highest BCUT2D eigenvalue weighted by Crippen LogP contribution is 2.19. The molecule has 0 aliphatic carbocycles. The molecule has 0 atom stereocenters. The molecule has 19 heavy (non-hydrogen) atoms. The summed E-state index contributed by atoms with van der Waals surface area (Å²) in [6, 6.07) is 3.24. The summed E-state index contributed by atoms with van der Waals surface area (Å²) < 4.78 is 52.1.